The summed E-state index contributed by atoms with van der Waals surface area (Å²) in [6.45, 7) is 1.03. The van der Waals surface area contributed by atoms with Crippen molar-refractivity contribution in [3.8, 4) is 5.75 Å². The molecule has 1 saturated heterocycles. The zero-order valence-corrected chi connectivity index (χ0v) is 13.6. The van der Waals surface area contributed by atoms with Gasteiger partial charge in [0, 0.05) is 37.2 Å². The number of nitrogens with zero attached hydrogens (tertiary/aromatic N) is 1. The van der Waals surface area contributed by atoms with E-state index in [0.717, 1.165) is 18.6 Å². The molecule has 132 valence electrons. The highest BCUT2D eigenvalue weighted by atomic mass is 19.2. The Hall–Kier alpha value is -2.47. The minimum Gasteiger partial charge on any atom is -0.476 e. The molecule has 1 N–H and O–H groups in total. The standard InChI is InChI=1S/C19H19F2NO3/c20-16-7-6-15(10-17(16)21)25-18(14-4-2-1-3-5-14)19(24)22-9-8-13(11-22)12-23/h1-7,10,13,18,23H,8-9,11-12H2. The molecule has 1 aliphatic rings. The minimum atomic E-state index is -1.03. The quantitative estimate of drug-likeness (QED) is 0.905. The SMILES string of the molecule is O=C(C(Oc1ccc(F)c(F)c1)c1ccccc1)N1CCC(CO)C1. The largest absolute Gasteiger partial charge is 0.476 e. The molecule has 2 atom stereocenters. The lowest BCUT2D eigenvalue weighted by Gasteiger charge is -2.24. The lowest BCUT2D eigenvalue weighted by molar-refractivity contribution is -0.138. The predicted octanol–water partition coefficient (Wildman–Crippen LogP) is 2.93. The van der Waals surface area contributed by atoms with Gasteiger partial charge < -0.3 is 14.7 Å². The van der Waals surface area contributed by atoms with Crippen LogP contribution in [0.1, 0.15) is 18.1 Å². The fourth-order valence-electron chi connectivity index (χ4n) is 2.92. The van der Waals surface area contributed by atoms with Crippen LogP contribution < -0.4 is 4.74 Å². The van der Waals surface area contributed by atoms with Crippen molar-refractivity contribution in [3.63, 3.8) is 0 Å². The molecule has 1 aliphatic heterocycles. The maximum atomic E-state index is 13.5. The van der Waals surface area contributed by atoms with Gasteiger partial charge in [-0.15, -0.1) is 0 Å². The molecule has 0 spiro atoms. The summed E-state index contributed by atoms with van der Waals surface area (Å²) in [5, 5.41) is 9.27. The molecular weight excluding hydrogens is 328 g/mol. The zero-order chi connectivity index (χ0) is 17.8. The van der Waals surface area contributed by atoms with Gasteiger partial charge in [0.25, 0.3) is 5.91 Å². The maximum absolute atomic E-state index is 13.5. The van der Waals surface area contributed by atoms with Crippen molar-refractivity contribution in [1.29, 1.82) is 0 Å². The Morgan fingerprint density at radius 2 is 1.96 bits per heavy atom. The minimum absolute atomic E-state index is 0.0316. The van der Waals surface area contributed by atoms with Crippen molar-refractivity contribution in [2.24, 2.45) is 5.92 Å². The fraction of sp³-hybridized carbons (Fsp3) is 0.316. The summed E-state index contributed by atoms with van der Waals surface area (Å²) in [5.41, 5.74) is 0.629. The molecule has 6 heteroatoms. The van der Waals surface area contributed by atoms with Gasteiger partial charge in [0.05, 0.1) is 0 Å². The van der Waals surface area contributed by atoms with Gasteiger partial charge in [0.2, 0.25) is 6.10 Å². The molecule has 3 rings (SSSR count). The van der Waals surface area contributed by atoms with Crippen LogP contribution in [0, 0.1) is 17.6 Å². The van der Waals surface area contributed by atoms with Crippen molar-refractivity contribution in [2.45, 2.75) is 12.5 Å². The Morgan fingerprint density at radius 1 is 1.20 bits per heavy atom. The highest BCUT2D eigenvalue weighted by molar-refractivity contribution is 5.83. The number of hydrogen-bond acceptors (Lipinski definition) is 3. The van der Waals surface area contributed by atoms with Gasteiger partial charge in [-0.25, -0.2) is 8.78 Å². The number of aliphatic hydroxyl groups is 1. The fourth-order valence-corrected chi connectivity index (χ4v) is 2.92. The van der Waals surface area contributed by atoms with E-state index < -0.39 is 17.7 Å². The molecule has 0 bridgehead atoms. The van der Waals surface area contributed by atoms with Crippen LogP contribution >= 0.6 is 0 Å². The van der Waals surface area contributed by atoms with E-state index in [4.69, 9.17) is 4.74 Å². The second-order valence-electron chi connectivity index (χ2n) is 6.11. The van der Waals surface area contributed by atoms with E-state index >= 15 is 0 Å². The topological polar surface area (TPSA) is 49.8 Å². The van der Waals surface area contributed by atoms with E-state index in [1.165, 1.54) is 6.07 Å². The third-order valence-electron chi connectivity index (χ3n) is 4.33. The number of benzene rings is 2. The van der Waals surface area contributed by atoms with E-state index in [2.05, 4.69) is 0 Å². The Bertz CT molecular complexity index is 739. The van der Waals surface area contributed by atoms with Crippen LogP contribution in [0.25, 0.3) is 0 Å². The Balaban J connectivity index is 1.85. The van der Waals surface area contributed by atoms with Crippen molar-refractivity contribution in [3.05, 3.63) is 65.7 Å². The highest BCUT2D eigenvalue weighted by Gasteiger charge is 2.33. The summed E-state index contributed by atoms with van der Waals surface area (Å²) >= 11 is 0. The Labute approximate surface area is 144 Å². The zero-order valence-electron chi connectivity index (χ0n) is 13.6. The van der Waals surface area contributed by atoms with E-state index in [-0.39, 0.29) is 24.2 Å². The van der Waals surface area contributed by atoms with E-state index in [0.29, 0.717) is 18.7 Å². The van der Waals surface area contributed by atoms with Crippen LogP contribution in [0.5, 0.6) is 5.75 Å². The summed E-state index contributed by atoms with van der Waals surface area (Å²) in [7, 11) is 0. The smallest absolute Gasteiger partial charge is 0.268 e. The molecule has 2 aromatic carbocycles. The first-order valence-corrected chi connectivity index (χ1v) is 8.15. The molecule has 2 unspecified atom stereocenters. The number of carbonyl (C=O) groups excluding carboxylic acids is 1. The van der Waals surface area contributed by atoms with E-state index in [9.17, 15) is 18.7 Å². The molecule has 0 saturated carbocycles. The first kappa shape index (κ1) is 17.4. The summed E-state index contributed by atoms with van der Waals surface area (Å²) in [5.74, 6) is -2.12. The third kappa shape index (κ3) is 3.96. The number of amides is 1. The van der Waals surface area contributed by atoms with E-state index in [1.807, 2.05) is 6.07 Å². The number of aliphatic hydroxyl groups excluding tert-OH is 1. The number of hydrogen-bond donors (Lipinski definition) is 1. The number of rotatable bonds is 5. The number of ether oxygens (including phenoxy) is 1. The second-order valence-corrected chi connectivity index (χ2v) is 6.11. The van der Waals surface area contributed by atoms with Crippen LogP contribution in [0.2, 0.25) is 0 Å². The highest BCUT2D eigenvalue weighted by Crippen LogP contribution is 2.27. The first-order chi connectivity index (χ1) is 12.1. The van der Waals surface area contributed by atoms with Crippen molar-refractivity contribution in [2.75, 3.05) is 19.7 Å². The average molecular weight is 347 g/mol. The van der Waals surface area contributed by atoms with E-state index in [1.54, 1.807) is 29.2 Å². The molecule has 4 nitrogen and oxygen atoms in total. The molecular formula is C19H19F2NO3. The Morgan fingerprint density at radius 3 is 2.60 bits per heavy atom. The van der Waals surface area contributed by atoms with Gasteiger partial charge in [-0.1, -0.05) is 30.3 Å². The second kappa shape index (κ2) is 7.61. The van der Waals surface area contributed by atoms with Gasteiger partial charge in [0.1, 0.15) is 5.75 Å². The molecule has 0 aromatic heterocycles. The monoisotopic (exact) mass is 347 g/mol. The predicted molar refractivity (Wildman–Crippen MR) is 87.9 cm³/mol. The van der Waals surface area contributed by atoms with Gasteiger partial charge in [-0.3, -0.25) is 4.79 Å². The Kier molecular flexibility index (Phi) is 5.28. The summed E-state index contributed by atoms with van der Waals surface area (Å²) < 4.78 is 32.3. The normalized spacial score (nSPS) is 18.2. The summed E-state index contributed by atoms with van der Waals surface area (Å²) in [6.07, 6.45) is -0.224. The molecule has 0 aliphatic carbocycles. The van der Waals surface area contributed by atoms with Crippen LogP contribution in [0.3, 0.4) is 0 Å². The van der Waals surface area contributed by atoms with Gasteiger partial charge in [0.15, 0.2) is 11.6 Å². The van der Waals surface area contributed by atoms with Crippen LogP contribution in [-0.2, 0) is 4.79 Å². The molecule has 0 radical (unpaired) electrons. The van der Waals surface area contributed by atoms with Gasteiger partial charge >= 0.3 is 0 Å². The summed E-state index contributed by atoms with van der Waals surface area (Å²) in [6, 6.07) is 12.1. The molecule has 1 amide bonds. The maximum Gasteiger partial charge on any atom is 0.268 e. The number of halogens is 2. The van der Waals surface area contributed by atoms with Crippen LogP contribution in [0.15, 0.2) is 48.5 Å². The van der Waals surface area contributed by atoms with Crippen molar-refractivity contribution in [1.82, 2.24) is 4.90 Å². The lowest BCUT2D eigenvalue weighted by Crippen LogP contribution is -2.36. The average Bonchev–Trinajstić information content (AvgIpc) is 3.12. The third-order valence-corrected chi connectivity index (χ3v) is 4.33. The van der Waals surface area contributed by atoms with Crippen LogP contribution in [0.4, 0.5) is 8.78 Å². The van der Waals surface area contributed by atoms with Crippen molar-refractivity contribution >= 4 is 5.91 Å². The van der Waals surface area contributed by atoms with Crippen LogP contribution in [-0.4, -0.2) is 35.6 Å². The lowest BCUT2D eigenvalue weighted by atomic mass is 10.1. The number of carbonyl (C=O) groups is 1. The van der Waals surface area contributed by atoms with Crippen molar-refractivity contribution < 1.29 is 23.4 Å². The number of likely N-dealkylation sites (tertiary alicyclic amines) is 1. The molecule has 1 heterocycles. The summed E-state index contributed by atoms with van der Waals surface area (Å²) in [4.78, 5) is 14.6. The molecule has 2 aromatic rings. The van der Waals surface area contributed by atoms with Gasteiger partial charge in [-0.05, 0) is 18.6 Å². The molecule has 25 heavy (non-hydrogen) atoms. The molecule has 1 fully saturated rings. The first-order valence-electron chi connectivity index (χ1n) is 8.15. The van der Waals surface area contributed by atoms with Gasteiger partial charge in [-0.2, -0.15) is 0 Å².